The maximum Gasteiger partial charge on any atom is 0.405 e. The van der Waals surface area contributed by atoms with Crippen LogP contribution in [0.4, 0.5) is 24.5 Å². The average Bonchev–Trinajstić information content (AvgIpc) is 2.36. The summed E-state index contributed by atoms with van der Waals surface area (Å²) in [6, 6.07) is 2.84. The highest BCUT2D eigenvalue weighted by Crippen LogP contribution is 2.39. The van der Waals surface area contributed by atoms with Crippen molar-refractivity contribution in [2.24, 2.45) is 0 Å². The summed E-state index contributed by atoms with van der Waals surface area (Å²) in [6.45, 7) is -1.09. The maximum atomic E-state index is 12.6. The molecule has 5 nitrogen and oxygen atoms in total. The Hall–Kier alpha value is -1.83. The Morgan fingerprint density at radius 1 is 1.20 bits per heavy atom. The number of anilines is 2. The third-order valence-electron chi connectivity index (χ3n) is 2.77. The monoisotopic (exact) mass is 292 g/mol. The summed E-state index contributed by atoms with van der Waals surface area (Å²) >= 11 is 0. The quantitative estimate of drug-likeness (QED) is 0.821. The Balaban J connectivity index is 2.32. The molecule has 1 aromatic carbocycles. The second kappa shape index (κ2) is 5.66. The third-order valence-corrected chi connectivity index (χ3v) is 2.77. The molecule has 1 aliphatic rings. The SMILES string of the molecule is Nc1cc2c(cc1N(CCO)CC(F)(F)F)OCCO2. The van der Waals surface area contributed by atoms with Gasteiger partial charge in [0.25, 0.3) is 0 Å². The van der Waals surface area contributed by atoms with Crippen LogP contribution in [0.3, 0.4) is 0 Å². The van der Waals surface area contributed by atoms with Crippen LogP contribution >= 0.6 is 0 Å². The van der Waals surface area contributed by atoms with E-state index in [9.17, 15) is 13.2 Å². The van der Waals surface area contributed by atoms with Gasteiger partial charge in [-0.1, -0.05) is 0 Å². The summed E-state index contributed by atoms with van der Waals surface area (Å²) in [4.78, 5) is 0.966. The lowest BCUT2D eigenvalue weighted by atomic mass is 10.2. The predicted octanol–water partition coefficient (Wildman–Crippen LogP) is 1.40. The highest BCUT2D eigenvalue weighted by atomic mass is 19.4. The molecule has 8 heteroatoms. The number of benzene rings is 1. The van der Waals surface area contributed by atoms with Gasteiger partial charge in [-0.25, -0.2) is 0 Å². The van der Waals surface area contributed by atoms with E-state index in [0.29, 0.717) is 24.7 Å². The van der Waals surface area contributed by atoms with Crippen molar-refractivity contribution >= 4 is 11.4 Å². The van der Waals surface area contributed by atoms with Crippen molar-refractivity contribution < 1.29 is 27.8 Å². The molecule has 0 fully saturated rings. The minimum atomic E-state index is -4.39. The number of ether oxygens (including phenoxy) is 2. The van der Waals surface area contributed by atoms with Gasteiger partial charge in [0, 0.05) is 18.7 Å². The van der Waals surface area contributed by atoms with Gasteiger partial charge in [0.1, 0.15) is 19.8 Å². The lowest BCUT2D eigenvalue weighted by molar-refractivity contribution is -0.119. The fourth-order valence-electron chi connectivity index (χ4n) is 1.99. The number of rotatable bonds is 4. The molecular formula is C12H15F3N2O3. The molecule has 0 atom stereocenters. The topological polar surface area (TPSA) is 68.0 Å². The van der Waals surface area contributed by atoms with Crippen molar-refractivity contribution in [2.75, 3.05) is 43.5 Å². The molecule has 112 valence electrons. The van der Waals surface area contributed by atoms with Crippen LogP contribution in [0.15, 0.2) is 12.1 Å². The third kappa shape index (κ3) is 3.38. The van der Waals surface area contributed by atoms with Crippen molar-refractivity contribution in [3.63, 3.8) is 0 Å². The summed E-state index contributed by atoms with van der Waals surface area (Å²) in [6.07, 6.45) is -4.39. The Morgan fingerprint density at radius 2 is 1.80 bits per heavy atom. The zero-order chi connectivity index (χ0) is 14.8. The van der Waals surface area contributed by atoms with Crippen LogP contribution in [0.2, 0.25) is 0 Å². The van der Waals surface area contributed by atoms with Crippen LogP contribution < -0.4 is 20.1 Å². The van der Waals surface area contributed by atoms with Gasteiger partial charge in [0.05, 0.1) is 18.0 Å². The zero-order valence-corrected chi connectivity index (χ0v) is 10.6. The molecule has 0 saturated heterocycles. The van der Waals surface area contributed by atoms with Gasteiger partial charge in [-0.3, -0.25) is 0 Å². The van der Waals surface area contributed by atoms with Crippen molar-refractivity contribution in [3.05, 3.63) is 12.1 Å². The normalized spacial score (nSPS) is 14.2. The highest BCUT2D eigenvalue weighted by molar-refractivity contribution is 5.73. The van der Waals surface area contributed by atoms with E-state index in [1.165, 1.54) is 12.1 Å². The molecule has 1 aliphatic heterocycles. The molecule has 0 unspecified atom stereocenters. The van der Waals surface area contributed by atoms with Gasteiger partial charge < -0.3 is 25.2 Å². The fourth-order valence-corrected chi connectivity index (χ4v) is 1.99. The van der Waals surface area contributed by atoms with E-state index in [2.05, 4.69) is 0 Å². The first-order valence-electron chi connectivity index (χ1n) is 6.02. The molecule has 3 N–H and O–H groups in total. The number of nitrogen functional groups attached to an aromatic ring is 1. The number of halogens is 3. The molecule has 0 saturated carbocycles. The van der Waals surface area contributed by atoms with Crippen molar-refractivity contribution in [3.8, 4) is 11.5 Å². The van der Waals surface area contributed by atoms with Gasteiger partial charge in [-0.05, 0) is 0 Å². The summed E-state index contributed by atoms with van der Waals surface area (Å²) in [7, 11) is 0. The highest BCUT2D eigenvalue weighted by Gasteiger charge is 2.32. The van der Waals surface area contributed by atoms with E-state index in [0.717, 1.165) is 4.90 Å². The minimum Gasteiger partial charge on any atom is -0.486 e. The number of hydrogen-bond acceptors (Lipinski definition) is 5. The standard InChI is InChI=1S/C12H15F3N2O3/c13-12(14,15)7-17(1-2-18)9-6-11-10(5-8(9)16)19-3-4-20-11/h5-6,18H,1-4,7,16H2. The number of alkyl halides is 3. The van der Waals surface area contributed by atoms with E-state index >= 15 is 0 Å². The number of hydrogen-bond donors (Lipinski definition) is 2. The average molecular weight is 292 g/mol. The molecule has 0 bridgehead atoms. The number of nitrogens with zero attached hydrogens (tertiary/aromatic N) is 1. The van der Waals surface area contributed by atoms with E-state index in [4.69, 9.17) is 20.3 Å². The van der Waals surface area contributed by atoms with Gasteiger partial charge >= 0.3 is 6.18 Å². The number of aliphatic hydroxyl groups is 1. The van der Waals surface area contributed by atoms with Gasteiger partial charge in [0.15, 0.2) is 11.5 Å². The second-order valence-corrected chi connectivity index (χ2v) is 4.32. The fraction of sp³-hybridized carbons (Fsp3) is 0.500. The van der Waals surface area contributed by atoms with Crippen molar-refractivity contribution in [1.82, 2.24) is 0 Å². The lowest BCUT2D eigenvalue weighted by Crippen LogP contribution is -2.36. The molecule has 0 spiro atoms. The van der Waals surface area contributed by atoms with Crippen LogP contribution in [0, 0.1) is 0 Å². The van der Waals surface area contributed by atoms with E-state index in [1.807, 2.05) is 0 Å². The van der Waals surface area contributed by atoms with E-state index in [1.54, 1.807) is 0 Å². The molecule has 0 aliphatic carbocycles. The van der Waals surface area contributed by atoms with Crippen LogP contribution in [0.5, 0.6) is 11.5 Å². The molecule has 0 amide bonds. The summed E-state index contributed by atoms with van der Waals surface area (Å²) < 4.78 is 48.3. The smallest absolute Gasteiger partial charge is 0.405 e. The van der Waals surface area contributed by atoms with E-state index in [-0.39, 0.29) is 17.9 Å². The second-order valence-electron chi connectivity index (χ2n) is 4.32. The summed E-state index contributed by atoms with van der Waals surface area (Å²) in [5.74, 6) is 0.763. The van der Waals surface area contributed by atoms with Gasteiger partial charge in [-0.2, -0.15) is 13.2 Å². The zero-order valence-electron chi connectivity index (χ0n) is 10.6. The Bertz CT molecular complexity index is 480. The van der Waals surface area contributed by atoms with Crippen LogP contribution in [-0.2, 0) is 0 Å². The number of aliphatic hydroxyl groups excluding tert-OH is 1. The Morgan fingerprint density at radius 3 is 2.35 bits per heavy atom. The number of fused-ring (bicyclic) bond motifs is 1. The molecule has 0 radical (unpaired) electrons. The van der Waals surface area contributed by atoms with Crippen LogP contribution in [0.1, 0.15) is 0 Å². The van der Waals surface area contributed by atoms with Crippen LogP contribution in [0.25, 0.3) is 0 Å². The van der Waals surface area contributed by atoms with E-state index < -0.39 is 19.3 Å². The van der Waals surface area contributed by atoms with Crippen LogP contribution in [-0.4, -0.2) is 44.2 Å². The first-order valence-corrected chi connectivity index (χ1v) is 6.02. The summed E-state index contributed by atoms with van der Waals surface area (Å²) in [5, 5.41) is 8.92. The molecular weight excluding hydrogens is 277 g/mol. The minimum absolute atomic E-state index is 0.145. The molecule has 1 aromatic rings. The molecule has 0 aromatic heterocycles. The molecule has 20 heavy (non-hydrogen) atoms. The van der Waals surface area contributed by atoms with Gasteiger partial charge in [-0.15, -0.1) is 0 Å². The summed E-state index contributed by atoms with van der Waals surface area (Å²) in [5.41, 5.74) is 6.08. The molecule has 1 heterocycles. The first-order chi connectivity index (χ1) is 9.40. The maximum absolute atomic E-state index is 12.6. The van der Waals surface area contributed by atoms with Crippen molar-refractivity contribution in [1.29, 1.82) is 0 Å². The molecule has 2 rings (SSSR count). The van der Waals surface area contributed by atoms with Crippen molar-refractivity contribution in [2.45, 2.75) is 6.18 Å². The first kappa shape index (κ1) is 14.6. The predicted molar refractivity (Wildman–Crippen MR) is 67.2 cm³/mol. The number of nitrogens with two attached hydrogens (primary N) is 1. The lowest BCUT2D eigenvalue weighted by Gasteiger charge is -2.28. The Kier molecular flexibility index (Phi) is 4.12. The Labute approximate surface area is 113 Å². The largest absolute Gasteiger partial charge is 0.486 e. The van der Waals surface area contributed by atoms with Gasteiger partial charge in [0.2, 0.25) is 0 Å².